The minimum absolute atomic E-state index is 0.106. The zero-order valence-corrected chi connectivity index (χ0v) is 23.0. The average Bonchev–Trinajstić information content (AvgIpc) is 3.34. The summed E-state index contributed by atoms with van der Waals surface area (Å²) in [5, 5.41) is 11.5. The molecule has 0 aliphatic heterocycles. The van der Waals surface area contributed by atoms with Gasteiger partial charge in [0.05, 0.1) is 19.2 Å². The first-order chi connectivity index (χ1) is 18.8. The number of aromatic nitrogens is 3. The van der Waals surface area contributed by atoms with E-state index in [0.29, 0.717) is 34.9 Å². The Bertz CT molecular complexity index is 1410. The molecule has 0 radical (unpaired) electrons. The van der Waals surface area contributed by atoms with Gasteiger partial charge in [0.25, 0.3) is 0 Å². The molecule has 0 unspecified atom stereocenters. The van der Waals surface area contributed by atoms with E-state index >= 15 is 0 Å². The summed E-state index contributed by atoms with van der Waals surface area (Å²) in [7, 11) is 1.58. The van der Waals surface area contributed by atoms with E-state index in [1.807, 2.05) is 64.1 Å². The molecule has 1 N–H and O–H groups in total. The highest BCUT2D eigenvalue weighted by atomic mass is 16.5. The number of ether oxygens (including phenoxy) is 2. The summed E-state index contributed by atoms with van der Waals surface area (Å²) >= 11 is 0. The van der Waals surface area contributed by atoms with Crippen molar-refractivity contribution < 1.29 is 19.1 Å². The molecule has 0 spiro atoms. The first-order valence-electron chi connectivity index (χ1n) is 13.1. The second-order valence-corrected chi connectivity index (χ2v) is 9.83. The van der Waals surface area contributed by atoms with Crippen LogP contribution in [0, 0.1) is 0 Å². The highest BCUT2D eigenvalue weighted by Crippen LogP contribution is 2.32. The molecule has 2 amide bonds. The molecule has 0 saturated carbocycles. The Hall–Kier alpha value is -4.40. The molecule has 9 nitrogen and oxygen atoms in total. The van der Waals surface area contributed by atoms with Crippen LogP contribution in [0.5, 0.6) is 11.5 Å². The van der Waals surface area contributed by atoms with E-state index in [9.17, 15) is 9.59 Å². The molecule has 0 aliphatic carbocycles. The monoisotopic (exact) mass is 529 g/mol. The average molecular weight is 530 g/mol. The molecule has 0 aliphatic rings. The number of benzene rings is 3. The second-order valence-electron chi connectivity index (χ2n) is 9.83. The van der Waals surface area contributed by atoms with Crippen molar-refractivity contribution in [3.05, 3.63) is 78.4 Å². The number of nitrogens with one attached hydrogen (secondary N) is 1. The van der Waals surface area contributed by atoms with Gasteiger partial charge in [-0.3, -0.25) is 14.5 Å². The van der Waals surface area contributed by atoms with Crippen LogP contribution in [0.4, 0.5) is 5.69 Å². The van der Waals surface area contributed by atoms with Crippen molar-refractivity contribution in [1.82, 2.24) is 20.3 Å². The summed E-state index contributed by atoms with van der Waals surface area (Å²) in [5.41, 5.74) is 2.14. The fourth-order valence-corrected chi connectivity index (χ4v) is 4.24. The van der Waals surface area contributed by atoms with Gasteiger partial charge in [-0.05, 0) is 81.3 Å². The van der Waals surface area contributed by atoms with Gasteiger partial charge < -0.3 is 14.8 Å². The topological polar surface area (TPSA) is 98.6 Å². The van der Waals surface area contributed by atoms with E-state index < -0.39 is 11.6 Å². The summed E-state index contributed by atoms with van der Waals surface area (Å²) in [6, 6.07) is 20.8. The van der Waals surface area contributed by atoms with Crippen molar-refractivity contribution >= 4 is 28.5 Å². The van der Waals surface area contributed by atoms with Crippen LogP contribution in [-0.2, 0) is 16.1 Å². The number of amides is 2. The van der Waals surface area contributed by atoms with Crippen LogP contribution in [0.25, 0.3) is 11.0 Å². The van der Waals surface area contributed by atoms with Crippen LogP contribution < -0.4 is 19.7 Å². The predicted molar refractivity (Wildman–Crippen MR) is 151 cm³/mol. The predicted octanol–water partition coefficient (Wildman–Crippen LogP) is 4.92. The van der Waals surface area contributed by atoms with Crippen molar-refractivity contribution in [2.45, 2.75) is 52.2 Å². The van der Waals surface area contributed by atoms with Crippen LogP contribution in [0.1, 0.15) is 45.7 Å². The standard InChI is InChI=1S/C30H35N5O4/c1-6-30(3,4)31-29(37)28(21-12-16-23(38-5)17-13-21)35(22-14-18-24(19-15-22)39-7-2)27(36)20-34-26-11-9-8-10-25(26)32-33-34/h8-19,28H,6-7,20H2,1-5H3,(H,31,37)/t28-/m1/s1. The molecular formula is C30H35N5O4. The zero-order valence-electron chi connectivity index (χ0n) is 23.0. The number of carbonyl (C=O) groups is 2. The summed E-state index contributed by atoms with van der Waals surface area (Å²) in [6.45, 7) is 8.25. The van der Waals surface area contributed by atoms with E-state index in [1.54, 1.807) is 48.2 Å². The van der Waals surface area contributed by atoms with Crippen LogP contribution >= 0.6 is 0 Å². The third kappa shape index (κ3) is 6.37. The van der Waals surface area contributed by atoms with Gasteiger partial charge >= 0.3 is 0 Å². The largest absolute Gasteiger partial charge is 0.497 e. The molecular weight excluding hydrogens is 494 g/mol. The number of carbonyl (C=O) groups excluding carboxylic acids is 2. The van der Waals surface area contributed by atoms with E-state index in [1.165, 1.54) is 4.90 Å². The van der Waals surface area contributed by atoms with Gasteiger partial charge in [0.2, 0.25) is 11.8 Å². The lowest BCUT2D eigenvalue weighted by molar-refractivity contribution is -0.128. The van der Waals surface area contributed by atoms with Gasteiger partial charge in [-0.2, -0.15) is 0 Å². The minimum Gasteiger partial charge on any atom is -0.497 e. The lowest BCUT2D eigenvalue weighted by Crippen LogP contribution is -2.51. The number of anilines is 1. The fourth-order valence-electron chi connectivity index (χ4n) is 4.24. The highest BCUT2D eigenvalue weighted by Gasteiger charge is 2.35. The number of hydrogen-bond acceptors (Lipinski definition) is 6. The Balaban J connectivity index is 1.81. The molecule has 9 heteroatoms. The number of para-hydroxylation sites is 1. The van der Waals surface area contributed by atoms with E-state index in [-0.39, 0.29) is 18.4 Å². The fraction of sp³-hybridized carbons (Fsp3) is 0.333. The maximum atomic E-state index is 14.1. The maximum Gasteiger partial charge on any atom is 0.249 e. The molecule has 3 aromatic carbocycles. The van der Waals surface area contributed by atoms with Gasteiger partial charge in [-0.25, -0.2) is 4.68 Å². The van der Waals surface area contributed by atoms with Gasteiger partial charge in [-0.15, -0.1) is 5.10 Å². The Labute approximate surface area is 228 Å². The van der Waals surface area contributed by atoms with Gasteiger partial charge in [-0.1, -0.05) is 36.4 Å². The summed E-state index contributed by atoms with van der Waals surface area (Å²) in [4.78, 5) is 29.6. The number of fused-ring (bicyclic) bond motifs is 1. The zero-order chi connectivity index (χ0) is 28.0. The Morgan fingerprint density at radius 3 is 2.28 bits per heavy atom. The Kier molecular flexibility index (Phi) is 8.49. The van der Waals surface area contributed by atoms with Gasteiger partial charge in [0, 0.05) is 11.2 Å². The molecule has 0 fully saturated rings. The lowest BCUT2D eigenvalue weighted by atomic mass is 9.98. The normalized spacial score (nSPS) is 12.1. The quantitative estimate of drug-likeness (QED) is 0.296. The van der Waals surface area contributed by atoms with Crippen molar-refractivity contribution in [2.75, 3.05) is 18.6 Å². The summed E-state index contributed by atoms with van der Waals surface area (Å²) < 4.78 is 12.5. The SMILES string of the molecule is CCOc1ccc(N(C(=O)Cn2nnc3ccccc32)[C@@H](C(=O)NC(C)(C)CC)c2ccc(OC)cc2)cc1. The van der Waals surface area contributed by atoms with Crippen molar-refractivity contribution in [1.29, 1.82) is 0 Å². The number of nitrogens with zero attached hydrogens (tertiary/aromatic N) is 4. The van der Waals surface area contributed by atoms with E-state index in [4.69, 9.17) is 9.47 Å². The van der Waals surface area contributed by atoms with Crippen LogP contribution in [0.3, 0.4) is 0 Å². The molecule has 204 valence electrons. The summed E-state index contributed by atoms with van der Waals surface area (Å²) in [6.07, 6.45) is 0.718. The van der Waals surface area contributed by atoms with Gasteiger partial charge in [0.1, 0.15) is 29.6 Å². The lowest BCUT2D eigenvalue weighted by Gasteiger charge is -2.34. The molecule has 39 heavy (non-hydrogen) atoms. The van der Waals surface area contributed by atoms with E-state index in [2.05, 4.69) is 15.6 Å². The highest BCUT2D eigenvalue weighted by molar-refractivity contribution is 6.01. The molecule has 1 atom stereocenters. The Morgan fingerprint density at radius 1 is 0.974 bits per heavy atom. The molecule has 4 rings (SSSR count). The van der Waals surface area contributed by atoms with Crippen LogP contribution in [-0.4, -0.2) is 46.1 Å². The number of methoxy groups -OCH3 is 1. The molecule has 4 aromatic rings. The molecule has 0 bridgehead atoms. The third-order valence-corrected chi connectivity index (χ3v) is 6.68. The van der Waals surface area contributed by atoms with Gasteiger partial charge in [0.15, 0.2) is 0 Å². The first-order valence-corrected chi connectivity index (χ1v) is 13.1. The Morgan fingerprint density at radius 2 is 1.64 bits per heavy atom. The van der Waals surface area contributed by atoms with Crippen LogP contribution in [0.15, 0.2) is 72.8 Å². The smallest absolute Gasteiger partial charge is 0.249 e. The van der Waals surface area contributed by atoms with Crippen LogP contribution in [0.2, 0.25) is 0 Å². The first kappa shape index (κ1) is 27.6. The minimum atomic E-state index is -0.957. The number of rotatable bonds is 11. The van der Waals surface area contributed by atoms with Crippen molar-refractivity contribution in [3.8, 4) is 11.5 Å². The molecule has 1 aromatic heterocycles. The molecule has 0 saturated heterocycles. The van der Waals surface area contributed by atoms with Crippen molar-refractivity contribution in [3.63, 3.8) is 0 Å². The summed E-state index contributed by atoms with van der Waals surface area (Å²) in [5.74, 6) is 0.714. The molecule has 1 heterocycles. The maximum absolute atomic E-state index is 14.1. The third-order valence-electron chi connectivity index (χ3n) is 6.68. The van der Waals surface area contributed by atoms with Crippen molar-refractivity contribution in [2.24, 2.45) is 0 Å². The van der Waals surface area contributed by atoms with E-state index in [0.717, 1.165) is 11.9 Å². The number of hydrogen-bond donors (Lipinski definition) is 1. The second kappa shape index (κ2) is 12.0.